The lowest BCUT2D eigenvalue weighted by atomic mass is 10.2. The highest BCUT2D eigenvalue weighted by Crippen LogP contribution is 2.19. The molecule has 0 spiro atoms. The second-order valence-corrected chi connectivity index (χ2v) is 6.29. The molecule has 1 aromatic rings. The van der Waals surface area contributed by atoms with Gasteiger partial charge in [0.15, 0.2) is 0 Å². The quantitative estimate of drug-likeness (QED) is 0.587. The molecule has 0 aromatic heterocycles. The van der Waals surface area contributed by atoms with Crippen LogP contribution in [0.15, 0.2) is 22.7 Å². The number of hydrogen-bond acceptors (Lipinski definition) is 1. The summed E-state index contributed by atoms with van der Waals surface area (Å²) < 4.78 is 1.85. The molecule has 0 saturated heterocycles. The molecule has 1 rings (SSSR count). The lowest BCUT2D eigenvalue weighted by Gasteiger charge is -2.08. The van der Waals surface area contributed by atoms with Crippen LogP contribution in [0.2, 0.25) is 0 Å². The molecular formula is C11H12BrClINO. The smallest absolute Gasteiger partial charge is 0.252 e. The largest absolute Gasteiger partial charge is 0.352 e. The summed E-state index contributed by atoms with van der Waals surface area (Å²) in [6.07, 6.45) is 0.773. The first kappa shape index (κ1) is 14.3. The Morgan fingerprint density at radius 3 is 2.94 bits per heavy atom. The number of hydrogen-bond donors (Lipinski definition) is 1. The molecule has 1 aromatic carbocycles. The summed E-state index contributed by atoms with van der Waals surface area (Å²) in [6.45, 7) is 2.51. The number of halogens is 3. The van der Waals surface area contributed by atoms with E-state index in [1.165, 1.54) is 0 Å². The van der Waals surface area contributed by atoms with E-state index in [9.17, 15) is 4.79 Å². The number of nitrogens with one attached hydrogen (secondary N) is 1. The third-order valence-corrected chi connectivity index (χ3v) is 3.58. The summed E-state index contributed by atoms with van der Waals surface area (Å²) in [4.78, 5) is 11.8. The SMILES string of the molecule is CC(Cl)CCNC(=O)c1cc(I)ccc1Br. The number of carbonyl (C=O) groups is 1. The van der Waals surface area contributed by atoms with Gasteiger partial charge in [-0.2, -0.15) is 0 Å². The second-order valence-electron chi connectivity index (χ2n) is 3.45. The Morgan fingerprint density at radius 2 is 2.31 bits per heavy atom. The number of carbonyl (C=O) groups excluding carboxylic acids is 1. The van der Waals surface area contributed by atoms with Crippen molar-refractivity contribution in [2.45, 2.75) is 18.7 Å². The van der Waals surface area contributed by atoms with E-state index in [2.05, 4.69) is 43.8 Å². The molecule has 0 aliphatic carbocycles. The average Bonchev–Trinajstić information content (AvgIpc) is 2.21. The molecule has 0 fully saturated rings. The van der Waals surface area contributed by atoms with E-state index in [4.69, 9.17) is 11.6 Å². The number of amides is 1. The highest BCUT2D eigenvalue weighted by Gasteiger charge is 2.10. The van der Waals surface area contributed by atoms with E-state index in [-0.39, 0.29) is 11.3 Å². The Bertz CT molecular complexity index is 384. The van der Waals surface area contributed by atoms with Crippen molar-refractivity contribution in [1.29, 1.82) is 0 Å². The molecule has 0 radical (unpaired) electrons. The van der Waals surface area contributed by atoms with E-state index in [1.807, 2.05) is 25.1 Å². The van der Waals surface area contributed by atoms with Gasteiger partial charge in [0, 0.05) is 20.0 Å². The number of rotatable bonds is 4. The van der Waals surface area contributed by atoms with Gasteiger partial charge < -0.3 is 5.32 Å². The van der Waals surface area contributed by atoms with Crippen molar-refractivity contribution in [3.63, 3.8) is 0 Å². The first-order chi connectivity index (χ1) is 7.50. The molecule has 1 amide bonds. The molecule has 0 heterocycles. The molecule has 0 aliphatic heterocycles. The molecule has 1 atom stereocenters. The van der Waals surface area contributed by atoms with E-state index in [1.54, 1.807) is 0 Å². The van der Waals surface area contributed by atoms with Gasteiger partial charge in [-0.05, 0) is 70.1 Å². The average molecular weight is 416 g/mol. The molecule has 0 saturated carbocycles. The van der Waals surface area contributed by atoms with Gasteiger partial charge in [-0.15, -0.1) is 11.6 Å². The normalized spacial score (nSPS) is 12.2. The first-order valence-corrected chi connectivity index (χ1v) is 7.19. The fraction of sp³-hybridized carbons (Fsp3) is 0.364. The summed E-state index contributed by atoms with van der Waals surface area (Å²) in [7, 11) is 0. The predicted octanol–water partition coefficient (Wildman–Crippen LogP) is 3.80. The number of benzene rings is 1. The van der Waals surface area contributed by atoms with E-state index in [0.717, 1.165) is 14.5 Å². The molecular weight excluding hydrogens is 404 g/mol. The van der Waals surface area contributed by atoms with Crippen molar-refractivity contribution in [2.24, 2.45) is 0 Å². The van der Waals surface area contributed by atoms with Gasteiger partial charge in [0.2, 0.25) is 0 Å². The lowest BCUT2D eigenvalue weighted by molar-refractivity contribution is 0.0952. The molecule has 0 bridgehead atoms. The minimum Gasteiger partial charge on any atom is -0.352 e. The summed E-state index contributed by atoms with van der Waals surface area (Å²) in [5.41, 5.74) is 0.661. The standard InChI is InChI=1S/C11H12BrClINO/c1-7(13)4-5-15-11(16)9-6-8(14)2-3-10(9)12/h2-3,6-7H,4-5H2,1H3,(H,15,16). The third kappa shape index (κ3) is 4.59. The lowest BCUT2D eigenvalue weighted by Crippen LogP contribution is -2.26. The Kier molecular flexibility index (Phi) is 6.07. The minimum atomic E-state index is -0.0669. The van der Waals surface area contributed by atoms with Gasteiger partial charge in [-0.3, -0.25) is 4.79 Å². The summed E-state index contributed by atoms with van der Waals surface area (Å²) in [6, 6.07) is 5.67. The van der Waals surface area contributed by atoms with Gasteiger partial charge in [0.1, 0.15) is 0 Å². The summed E-state index contributed by atoms with van der Waals surface area (Å²) in [5, 5.41) is 2.92. The molecule has 1 N–H and O–H groups in total. The Balaban J connectivity index is 2.62. The van der Waals surface area contributed by atoms with Crippen LogP contribution in [-0.4, -0.2) is 17.8 Å². The highest BCUT2D eigenvalue weighted by atomic mass is 127. The van der Waals surface area contributed by atoms with Gasteiger partial charge in [-0.1, -0.05) is 0 Å². The predicted molar refractivity (Wildman–Crippen MR) is 79.1 cm³/mol. The zero-order valence-electron chi connectivity index (χ0n) is 8.77. The van der Waals surface area contributed by atoms with Gasteiger partial charge in [0.05, 0.1) is 5.56 Å². The zero-order chi connectivity index (χ0) is 12.1. The van der Waals surface area contributed by atoms with Crippen LogP contribution in [0.5, 0.6) is 0 Å². The first-order valence-electron chi connectivity index (χ1n) is 4.88. The van der Waals surface area contributed by atoms with Gasteiger partial charge in [-0.25, -0.2) is 0 Å². The van der Waals surface area contributed by atoms with Crippen LogP contribution < -0.4 is 5.32 Å². The summed E-state index contributed by atoms with van der Waals surface area (Å²) >= 11 is 11.3. The monoisotopic (exact) mass is 415 g/mol. The van der Waals surface area contributed by atoms with Crippen molar-refractivity contribution >= 4 is 56.0 Å². The molecule has 1 unspecified atom stereocenters. The van der Waals surface area contributed by atoms with Crippen molar-refractivity contribution in [3.05, 3.63) is 31.8 Å². The Hall–Kier alpha value is 0.190. The van der Waals surface area contributed by atoms with Crippen LogP contribution in [0, 0.1) is 3.57 Å². The van der Waals surface area contributed by atoms with E-state index < -0.39 is 0 Å². The fourth-order valence-corrected chi connectivity index (χ4v) is 2.18. The molecule has 5 heteroatoms. The zero-order valence-corrected chi connectivity index (χ0v) is 13.3. The fourth-order valence-electron chi connectivity index (χ4n) is 1.15. The maximum atomic E-state index is 11.8. The van der Waals surface area contributed by atoms with Crippen LogP contribution in [0.3, 0.4) is 0 Å². The maximum Gasteiger partial charge on any atom is 0.252 e. The van der Waals surface area contributed by atoms with Gasteiger partial charge in [0.25, 0.3) is 5.91 Å². The topological polar surface area (TPSA) is 29.1 Å². The molecule has 2 nitrogen and oxygen atoms in total. The Labute approximate surface area is 122 Å². The third-order valence-electron chi connectivity index (χ3n) is 2.00. The van der Waals surface area contributed by atoms with Crippen LogP contribution in [-0.2, 0) is 0 Å². The second kappa shape index (κ2) is 6.81. The molecule has 88 valence electrons. The Morgan fingerprint density at radius 1 is 1.62 bits per heavy atom. The van der Waals surface area contributed by atoms with Crippen LogP contribution in [0.1, 0.15) is 23.7 Å². The number of alkyl halides is 1. The van der Waals surface area contributed by atoms with E-state index in [0.29, 0.717) is 12.1 Å². The van der Waals surface area contributed by atoms with Crippen LogP contribution in [0.25, 0.3) is 0 Å². The minimum absolute atomic E-state index is 0.0669. The van der Waals surface area contributed by atoms with Crippen molar-refractivity contribution in [2.75, 3.05) is 6.54 Å². The van der Waals surface area contributed by atoms with Gasteiger partial charge >= 0.3 is 0 Å². The molecule has 16 heavy (non-hydrogen) atoms. The van der Waals surface area contributed by atoms with Crippen molar-refractivity contribution in [1.82, 2.24) is 5.32 Å². The van der Waals surface area contributed by atoms with Crippen molar-refractivity contribution < 1.29 is 4.79 Å². The highest BCUT2D eigenvalue weighted by molar-refractivity contribution is 14.1. The molecule has 0 aliphatic rings. The van der Waals surface area contributed by atoms with Crippen molar-refractivity contribution in [3.8, 4) is 0 Å². The maximum absolute atomic E-state index is 11.8. The summed E-state index contributed by atoms with van der Waals surface area (Å²) in [5.74, 6) is -0.0669. The van der Waals surface area contributed by atoms with E-state index >= 15 is 0 Å². The van der Waals surface area contributed by atoms with Crippen LogP contribution in [0.4, 0.5) is 0 Å². The van der Waals surface area contributed by atoms with Crippen LogP contribution >= 0.6 is 50.1 Å².